The van der Waals surface area contributed by atoms with Gasteiger partial charge < -0.3 is 14.8 Å². The van der Waals surface area contributed by atoms with Crippen LogP contribution in [0.2, 0.25) is 0 Å². The van der Waals surface area contributed by atoms with Crippen molar-refractivity contribution in [2.75, 3.05) is 13.2 Å². The van der Waals surface area contributed by atoms with Crippen LogP contribution in [0.25, 0.3) is 22.8 Å². The number of oxazole rings is 1. The Morgan fingerprint density at radius 2 is 1.88 bits per heavy atom. The van der Waals surface area contributed by atoms with Crippen LogP contribution in [0.4, 0.5) is 0 Å². The molecule has 0 saturated heterocycles. The molecule has 0 aliphatic carbocycles. The molecule has 1 heterocycles. The number of hydrogen-bond acceptors (Lipinski definition) is 4. The van der Waals surface area contributed by atoms with E-state index >= 15 is 0 Å². The van der Waals surface area contributed by atoms with E-state index in [0.29, 0.717) is 29.3 Å². The average molecular weight is 336 g/mol. The Morgan fingerprint density at radius 3 is 2.64 bits per heavy atom. The molecule has 1 unspecified atom stereocenters. The van der Waals surface area contributed by atoms with Gasteiger partial charge in [-0.25, -0.2) is 4.98 Å². The summed E-state index contributed by atoms with van der Waals surface area (Å²) >= 11 is 0. The number of carbonyl (C=O) groups is 1. The summed E-state index contributed by atoms with van der Waals surface area (Å²) in [7, 11) is 0. The predicted octanol–water partition coefficient (Wildman–Crippen LogP) is 3.37. The SMILES string of the molecule is CC(CO)CNC(=O)c1ccccc1-c1ncc(-c2ccccc2)o1. The monoisotopic (exact) mass is 336 g/mol. The third kappa shape index (κ3) is 3.95. The first-order chi connectivity index (χ1) is 12.2. The Hall–Kier alpha value is -2.92. The third-order valence-corrected chi connectivity index (χ3v) is 3.89. The van der Waals surface area contributed by atoms with E-state index in [9.17, 15) is 4.79 Å². The van der Waals surface area contributed by atoms with Crippen LogP contribution in [0.1, 0.15) is 17.3 Å². The van der Waals surface area contributed by atoms with Gasteiger partial charge in [0.25, 0.3) is 5.91 Å². The lowest BCUT2D eigenvalue weighted by Crippen LogP contribution is -2.29. The molecule has 3 aromatic rings. The summed E-state index contributed by atoms with van der Waals surface area (Å²) in [6, 6.07) is 16.9. The van der Waals surface area contributed by atoms with Crippen LogP contribution in [0, 0.1) is 5.92 Å². The fourth-order valence-corrected chi connectivity index (χ4v) is 2.43. The van der Waals surface area contributed by atoms with Crippen LogP contribution >= 0.6 is 0 Å². The standard InChI is InChI=1S/C20H20N2O3/c1-14(13-23)11-21-19(24)16-9-5-6-10-17(16)20-22-12-18(25-20)15-7-3-2-4-8-15/h2-10,12,14,23H,11,13H2,1H3,(H,21,24). The fourth-order valence-electron chi connectivity index (χ4n) is 2.43. The highest BCUT2D eigenvalue weighted by Gasteiger charge is 2.17. The van der Waals surface area contributed by atoms with Gasteiger partial charge in [0.05, 0.1) is 11.8 Å². The van der Waals surface area contributed by atoms with Gasteiger partial charge in [-0.2, -0.15) is 0 Å². The van der Waals surface area contributed by atoms with Crippen molar-refractivity contribution in [1.82, 2.24) is 10.3 Å². The molecule has 0 saturated carbocycles. The molecule has 0 aliphatic rings. The Morgan fingerprint density at radius 1 is 1.16 bits per heavy atom. The van der Waals surface area contributed by atoms with E-state index < -0.39 is 0 Å². The first-order valence-corrected chi connectivity index (χ1v) is 8.18. The van der Waals surface area contributed by atoms with Gasteiger partial charge >= 0.3 is 0 Å². The quantitative estimate of drug-likeness (QED) is 0.724. The minimum absolute atomic E-state index is 0.00235. The van der Waals surface area contributed by atoms with Crippen LogP contribution in [-0.2, 0) is 0 Å². The number of hydrogen-bond donors (Lipinski definition) is 2. The predicted molar refractivity (Wildman–Crippen MR) is 96.0 cm³/mol. The second-order valence-electron chi connectivity index (χ2n) is 5.94. The summed E-state index contributed by atoms with van der Waals surface area (Å²) in [6.07, 6.45) is 1.66. The second kappa shape index (κ2) is 7.77. The van der Waals surface area contributed by atoms with Gasteiger partial charge in [0.1, 0.15) is 0 Å². The molecule has 25 heavy (non-hydrogen) atoms. The summed E-state index contributed by atoms with van der Waals surface area (Å²) in [5, 5.41) is 11.9. The maximum absolute atomic E-state index is 12.5. The fraction of sp³-hybridized carbons (Fsp3) is 0.200. The molecule has 1 atom stereocenters. The highest BCUT2D eigenvalue weighted by Crippen LogP contribution is 2.28. The number of nitrogens with zero attached hydrogens (tertiary/aromatic N) is 1. The molecule has 5 nitrogen and oxygen atoms in total. The maximum Gasteiger partial charge on any atom is 0.252 e. The summed E-state index contributed by atoms with van der Waals surface area (Å²) < 4.78 is 5.86. The van der Waals surface area contributed by atoms with E-state index in [4.69, 9.17) is 9.52 Å². The van der Waals surface area contributed by atoms with Crippen LogP contribution < -0.4 is 5.32 Å². The molecule has 0 aliphatic heterocycles. The van der Waals surface area contributed by atoms with E-state index in [1.807, 2.05) is 49.4 Å². The van der Waals surface area contributed by atoms with Gasteiger partial charge in [-0.15, -0.1) is 0 Å². The molecule has 0 bridgehead atoms. The van der Waals surface area contributed by atoms with Gasteiger partial charge in [0.15, 0.2) is 5.76 Å². The Bertz CT molecular complexity index is 843. The van der Waals surface area contributed by atoms with Crippen molar-refractivity contribution in [3.63, 3.8) is 0 Å². The number of rotatable bonds is 6. The lowest BCUT2D eigenvalue weighted by molar-refractivity contribution is 0.0942. The van der Waals surface area contributed by atoms with E-state index in [0.717, 1.165) is 5.56 Å². The molecule has 2 N–H and O–H groups in total. The Balaban J connectivity index is 1.86. The first-order valence-electron chi connectivity index (χ1n) is 8.18. The molecular formula is C20H20N2O3. The molecular weight excluding hydrogens is 316 g/mol. The highest BCUT2D eigenvalue weighted by atomic mass is 16.4. The molecule has 2 aromatic carbocycles. The zero-order valence-corrected chi connectivity index (χ0v) is 14.0. The minimum Gasteiger partial charge on any atom is -0.436 e. The molecule has 3 rings (SSSR count). The molecule has 128 valence electrons. The van der Waals surface area contributed by atoms with Gasteiger partial charge in [-0.05, 0) is 18.1 Å². The van der Waals surface area contributed by atoms with Crippen molar-refractivity contribution < 1.29 is 14.3 Å². The number of carbonyl (C=O) groups excluding carboxylic acids is 1. The van der Waals surface area contributed by atoms with Gasteiger partial charge in [-0.3, -0.25) is 4.79 Å². The van der Waals surface area contributed by atoms with Crippen molar-refractivity contribution >= 4 is 5.91 Å². The van der Waals surface area contributed by atoms with Crippen molar-refractivity contribution in [3.05, 3.63) is 66.4 Å². The lowest BCUT2D eigenvalue weighted by Gasteiger charge is -2.11. The summed E-state index contributed by atoms with van der Waals surface area (Å²) in [5.41, 5.74) is 2.06. The van der Waals surface area contributed by atoms with Crippen molar-refractivity contribution in [1.29, 1.82) is 0 Å². The zero-order valence-electron chi connectivity index (χ0n) is 14.0. The topological polar surface area (TPSA) is 75.4 Å². The maximum atomic E-state index is 12.5. The number of nitrogens with one attached hydrogen (secondary N) is 1. The van der Waals surface area contributed by atoms with Crippen molar-refractivity contribution in [2.24, 2.45) is 5.92 Å². The Labute approximate surface area is 146 Å². The minimum atomic E-state index is -0.213. The molecule has 0 spiro atoms. The van der Waals surface area contributed by atoms with Gasteiger partial charge in [-0.1, -0.05) is 49.4 Å². The number of amides is 1. The smallest absolute Gasteiger partial charge is 0.252 e. The lowest BCUT2D eigenvalue weighted by atomic mass is 10.1. The molecule has 0 radical (unpaired) electrons. The normalized spacial score (nSPS) is 11.9. The molecule has 5 heteroatoms. The molecule has 1 amide bonds. The van der Waals surface area contributed by atoms with Crippen molar-refractivity contribution in [3.8, 4) is 22.8 Å². The van der Waals surface area contributed by atoms with Gasteiger partial charge in [0, 0.05) is 24.3 Å². The van der Waals surface area contributed by atoms with E-state index in [1.165, 1.54) is 0 Å². The van der Waals surface area contributed by atoms with Crippen LogP contribution in [-0.4, -0.2) is 29.1 Å². The third-order valence-electron chi connectivity index (χ3n) is 3.89. The van der Waals surface area contributed by atoms with Crippen molar-refractivity contribution in [2.45, 2.75) is 6.92 Å². The number of aliphatic hydroxyl groups excluding tert-OH is 1. The molecule has 1 aromatic heterocycles. The summed E-state index contributed by atoms with van der Waals surface area (Å²) in [4.78, 5) is 16.8. The van der Waals surface area contributed by atoms with Crippen LogP contribution in [0.3, 0.4) is 0 Å². The highest BCUT2D eigenvalue weighted by molar-refractivity contribution is 6.00. The van der Waals surface area contributed by atoms with E-state index in [2.05, 4.69) is 10.3 Å². The summed E-state index contributed by atoms with van der Waals surface area (Å²) in [5.74, 6) is 0.845. The Kier molecular flexibility index (Phi) is 5.26. The van der Waals surface area contributed by atoms with E-state index in [1.54, 1.807) is 18.3 Å². The zero-order chi connectivity index (χ0) is 17.6. The first kappa shape index (κ1) is 16.9. The number of benzene rings is 2. The van der Waals surface area contributed by atoms with Crippen LogP contribution in [0.15, 0.2) is 65.2 Å². The van der Waals surface area contributed by atoms with Gasteiger partial charge in [0.2, 0.25) is 5.89 Å². The largest absolute Gasteiger partial charge is 0.436 e. The second-order valence-corrected chi connectivity index (χ2v) is 5.94. The number of aliphatic hydroxyl groups is 1. The summed E-state index contributed by atoms with van der Waals surface area (Å²) in [6.45, 7) is 2.30. The average Bonchev–Trinajstić information content (AvgIpc) is 3.16. The number of aromatic nitrogens is 1. The van der Waals surface area contributed by atoms with E-state index in [-0.39, 0.29) is 18.4 Å². The molecule has 0 fully saturated rings. The van der Waals surface area contributed by atoms with Crippen LogP contribution in [0.5, 0.6) is 0 Å².